The van der Waals surface area contributed by atoms with Crippen LogP contribution in [0.4, 0.5) is 4.39 Å². The number of ketones is 1. The van der Waals surface area contributed by atoms with E-state index in [1.165, 1.54) is 57.9 Å². The zero-order valence-corrected chi connectivity index (χ0v) is 14.6. The van der Waals surface area contributed by atoms with Crippen LogP contribution in [0, 0.1) is 5.41 Å². The van der Waals surface area contributed by atoms with Crippen molar-refractivity contribution in [3.63, 3.8) is 0 Å². The molecular weight excluding hydrogens is 263 g/mol. The normalized spacial score (nSPS) is 15.0. The third-order valence-corrected chi connectivity index (χ3v) is 4.34. The highest BCUT2D eigenvalue weighted by Crippen LogP contribution is 2.33. The van der Waals surface area contributed by atoms with Gasteiger partial charge in [-0.3, -0.25) is 4.79 Å². The SMILES string of the molecule is CCCCCCCC(C)(CCCCCC)C(=O)/C=C(/C)F. The van der Waals surface area contributed by atoms with Gasteiger partial charge in [0, 0.05) is 11.5 Å². The molecule has 0 aromatic heterocycles. The Morgan fingerprint density at radius 2 is 1.33 bits per heavy atom. The van der Waals surface area contributed by atoms with Crippen molar-refractivity contribution in [2.45, 2.75) is 98.3 Å². The summed E-state index contributed by atoms with van der Waals surface area (Å²) in [6.07, 6.45) is 13.7. The molecule has 0 heterocycles. The van der Waals surface area contributed by atoms with Crippen molar-refractivity contribution in [2.24, 2.45) is 5.41 Å². The molecule has 21 heavy (non-hydrogen) atoms. The minimum atomic E-state index is -0.370. The zero-order chi connectivity index (χ0) is 16.1. The predicted molar refractivity (Wildman–Crippen MR) is 90.1 cm³/mol. The molecule has 0 fully saturated rings. The van der Waals surface area contributed by atoms with Crippen molar-refractivity contribution in [2.75, 3.05) is 0 Å². The number of allylic oxidation sites excluding steroid dienone is 2. The summed E-state index contributed by atoms with van der Waals surface area (Å²) >= 11 is 0. The maximum absolute atomic E-state index is 13.1. The fourth-order valence-electron chi connectivity index (χ4n) is 2.79. The zero-order valence-electron chi connectivity index (χ0n) is 14.6. The van der Waals surface area contributed by atoms with Gasteiger partial charge in [0.15, 0.2) is 5.78 Å². The molecule has 0 aliphatic heterocycles. The fraction of sp³-hybridized carbons (Fsp3) is 0.842. The number of hydrogen-bond donors (Lipinski definition) is 0. The highest BCUT2D eigenvalue weighted by molar-refractivity contribution is 5.94. The molecule has 0 aliphatic rings. The predicted octanol–water partition coefficient (Wildman–Crippen LogP) is 6.77. The van der Waals surface area contributed by atoms with Crippen LogP contribution in [0.5, 0.6) is 0 Å². The number of hydrogen-bond acceptors (Lipinski definition) is 1. The van der Waals surface area contributed by atoms with E-state index in [9.17, 15) is 9.18 Å². The fourth-order valence-corrected chi connectivity index (χ4v) is 2.79. The summed E-state index contributed by atoms with van der Waals surface area (Å²) in [6, 6.07) is 0. The molecule has 0 saturated carbocycles. The Morgan fingerprint density at radius 1 is 0.905 bits per heavy atom. The lowest BCUT2D eigenvalue weighted by Crippen LogP contribution is -2.26. The van der Waals surface area contributed by atoms with E-state index in [4.69, 9.17) is 0 Å². The molecule has 0 radical (unpaired) electrons. The molecule has 1 nitrogen and oxygen atoms in total. The quantitative estimate of drug-likeness (QED) is 0.271. The first-order valence-electron chi connectivity index (χ1n) is 8.84. The molecule has 2 heteroatoms. The van der Waals surface area contributed by atoms with Crippen LogP contribution in [-0.4, -0.2) is 5.78 Å². The van der Waals surface area contributed by atoms with Crippen molar-refractivity contribution in [1.29, 1.82) is 0 Å². The largest absolute Gasteiger partial charge is 0.294 e. The molecule has 0 amide bonds. The maximum Gasteiger partial charge on any atom is 0.164 e. The highest BCUT2D eigenvalue weighted by Gasteiger charge is 2.30. The first kappa shape index (κ1) is 20.3. The van der Waals surface area contributed by atoms with Crippen LogP contribution >= 0.6 is 0 Å². The van der Waals surface area contributed by atoms with Crippen LogP contribution in [0.2, 0.25) is 0 Å². The van der Waals surface area contributed by atoms with Crippen molar-refractivity contribution >= 4 is 5.78 Å². The smallest absolute Gasteiger partial charge is 0.164 e. The molecule has 0 bridgehead atoms. The van der Waals surface area contributed by atoms with E-state index in [-0.39, 0.29) is 17.0 Å². The lowest BCUT2D eigenvalue weighted by atomic mass is 9.76. The second kappa shape index (κ2) is 11.9. The first-order valence-corrected chi connectivity index (χ1v) is 8.84. The van der Waals surface area contributed by atoms with Crippen molar-refractivity contribution in [1.82, 2.24) is 0 Å². The van der Waals surface area contributed by atoms with Gasteiger partial charge in [-0.2, -0.15) is 0 Å². The molecule has 0 aliphatic carbocycles. The Balaban J connectivity index is 4.44. The molecule has 0 saturated heterocycles. The lowest BCUT2D eigenvalue weighted by molar-refractivity contribution is -0.124. The maximum atomic E-state index is 13.1. The summed E-state index contributed by atoms with van der Waals surface area (Å²) in [4.78, 5) is 12.3. The van der Waals surface area contributed by atoms with Gasteiger partial charge in [-0.15, -0.1) is 0 Å². The number of halogens is 1. The van der Waals surface area contributed by atoms with Gasteiger partial charge in [-0.1, -0.05) is 78.6 Å². The Hall–Kier alpha value is -0.660. The Labute approximate surface area is 131 Å². The Morgan fingerprint density at radius 3 is 1.76 bits per heavy atom. The monoisotopic (exact) mass is 298 g/mol. The average Bonchev–Trinajstić information content (AvgIpc) is 2.42. The van der Waals surface area contributed by atoms with E-state index >= 15 is 0 Å². The summed E-state index contributed by atoms with van der Waals surface area (Å²) in [5.41, 5.74) is -0.368. The molecular formula is C19H35FO. The van der Waals surface area contributed by atoms with Crippen LogP contribution in [0.1, 0.15) is 98.3 Å². The van der Waals surface area contributed by atoms with Crippen molar-refractivity contribution < 1.29 is 9.18 Å². The average molecular weight is 298 g/mol. The molecule has 124 valence electrons. The topological polar surface area (TPSA) is 17.1 Å². The number of rotatable bonds is 13. The van der Waals surface area contributed by atoms with Crippen molar-refractivity contribution in [3.8, 4) is 0 Å². The van der Waals surface area contributed by atoms with E-state index < -0.39 is 0 Å². The van der Waals surface area contributed by atoms with Crippen LogP contribution in [-0.2, 0) is 4.79 Å². The van der Waals surface area contributed by atoms with Crippen molar-refractivity contribution in [3.05, 3.63) is 11.9 Å². The summed E-state index contributed by atoms with van der Waals surface area (Å²) in [6.45, 7) is 7.78. The minimum Gasteiger partial charge on any atom is -0.294 e. The van der Waals surface area contributed by atoms with Gasteiger partial charge < -0.3 is 0 Å². The summed E-state index contributed by atoms with van der Waals surface area (Å²) in [7, 11) is 0. The van der Waals surface area contributed by atoms with E-state index in [0.29, 0.717) is 0 Å². The molecule has 1 atom stereocenters. The standard InChI is InChI=1S/C19H35FO/c1-5-7-9-11-13-15-19(4,14-12-10-8-6-2)18(21)16-17(3)20/h16H,5-15H2,1-4H3/b17-16-. The van der Waals surface area contributed by atoms with Gasteiger partial charge in [0.1, 0.15) is 5.83 Å². The molecule has 0 aromatic carbocycles. The lowest BCUT2D eigenvalue weighted by Gasteiger charge is -2.27. The van der Waals surface area contributed by atoms with E-state index in [2.05, 4.69) is 13.8 Å². The first-order chi connectivity index (χ1) is 9.96. The Kier molecular flexibility index (Phi) is 11.6. The second-order valence-corrected chi connectivity index (χ2v) is 6.63. The second-order valence-electron chi connectivity index (χ2n) is 6.63. The van der Waals surface area contributed by atoms with E-state index in [0.717, 1.165) is 25.7 Å². The minimum absolute atomic E-state index is 0.0190. The molecule has 0 N–H and O–H groups in total. The molecule has 0 spiro atoms. The van der Waals surface area contributed by atoms with Gasteiger partial charge in [-0.05, 0) is 19.8 Å². The third kappa shape index (κ3) is 9.82. The summed E-state index contributed by atoms with van der Waals surface area (Å²) < 4.78 is 13.1. The summed E-state index contributed by atoms with van der Waals surface area (Å²) in [5, 5.41) is 0. The number of unbranched alkanes of at least 4 members (excludes halogenated alkanes) is 7. The summed E-state index contributed by atoms with van der Waals surface area (Å²) in [5.74, 6) is -0.389. The van der Waals surface area contributed by atoms with Gasteiger partial charge in [0.2, 0.25) is 0 Å². The van der Waals surface area contributed by atoms with Gasteiger partial charge in [0.05, 0.1) is 0 Å². The van der Waals surface area contributed by atoms with Crippen LogP contribution < -0.4 is 0 Å². The Bertz CT molecular complexity index is 305. The van der Waals surface area contributed by atoms with Crippen LogP contribution in [0.15, 0.2) is 11.9 Å². The molecule has 0 rings (SSSR count). The van der Waals surface area contributed by atoms with E-state index in [1.54, 1.807) is 0 Å². The molecule has 1 unspecified atom stereocenters. The van der Waals surface area contributed by atoms with Gasteiger partial charge in [0.25, 0.3) is 0 Å². The molecule has 0 aromatic rings. The van der Waals surface area contributed by atoms with Gasteiger partial charge >= 0.3 is 0 Å². The van der Waals surface area contributed by atoms with Crippen LogP contribution in [0.3, 0.4) is 0 Å². The number of carbonyl (C=O) groups is 1. The van der Waals surface area contributed by atoms with E-state index in [1.807, 2.05) is 6.92 Å². The highest BCUT2D eigenvalue weighted by atomic mass is 19.1. The van der Waals surface area contributed by atoms with Crippen LogP contribution in [0.25, 0.3) is 0 Å². The van der Waals surface area contributed by atoms with Gasteiger partial charge in [-0.25, -0.2) is 4.39 Å². The number of carbonyl (C=O) groups excluding carboxylic acids is 1. The third-order valence-electron chi connectivity index (χ3n) is 4.34.